The summed E-state index contributed by atoms with van der Waals surface area (Å²) in [6.07, 6.45) is 2.28. The summed E-state index contributed by atoms with van der Waals surface area (Å²) in [5, 5.41) is 20.6. The Hall–Kier alpha value is -3.26. The molecule has 140 valence electrons. The molecule has 0 amide bonds. The number of rotatable bonds is 5. The topological polar surface area (TPSA) is 92.9 Å². The molecular formula is C19H17FN2O5. The second-order valence-electron chi connectivity index (χ2n) is 5.93. The zero-order chi connectivity index (χ0) is 19.4. The minimum Gasteiger partial charge on any atom is -0.508 e. The standard InChI is InChI=1S/C19H17FN2O5/c20-15-2-1-3-17(21-8-10-27-11-9-21)19(15)18(24)7-4-13-12-14(23)5-6-16(13)22(25)26/h1-7,12,23H,8-11H2/b7-4+. The third-order valence-corrected chi connectivity index (χ3v) is 4.21. The minimum absolute atomic E-state index is 0.0533. The number of carbonyl (C=O) groups excluding carboxylic acids is 1. The summed E-state index contributed by atoms with van der Waals surface area (Å²) in [6.45, 7) is 2.03. The average Bonchev–Trinajstić information content (AvgIpc) is 2.66. The predicted molar refractivity (Wildman–Crippen MR) is 97.6 cm³/mol. The Bertz CT molecular complexity index is 907. The molecule has 0 unspecified atom stereocenters. The fourth-order valence-corrected chi connectivity index (χ4v) is 2.91. The minimum atomic E-state index is -0.668. The van der Waals surface area contributed by atoms with Gasteiger partial charge in [0.15, 0.2) is 5.78 Å². The lowest BCUT2D eigenvalue weighted by molar-refractivity contribution is -0.385. The largest absolute Gasteiger partial charge is 0.508 e. The molecule has 27 heavy (non-hydrogen) atoms. The highest BCUT2D eigenvalue weighted by Crippen LogP contribution is 2.27. The molecule has 1 aliphatic rings. The van der Waals surface area contributed by atoms with Gasteiger partial charge in [-0.05, 0) is 36.4 Å². The summed E-state index contributed by atoms with van der Waals surface area (Å²) in [5.41, 5.74) is 0.146. The van der Waals surface area contributed by atoms with Gasteiger partial charge in [0.25, 0.3) is 5.69 Å². The summed E-state index contributed by atoms with van der Waals surface area (Å²) < 4.78 is 19.7. The zero-order valence-electron chi connectivity index (χ0n) is 14.3. The Morgan fingerprint density at radius 1 is 1.26 bits per heavy atom. The maximum Gasteiger partial charge on any atom is 0.276 e. The number of hydrogen-bond acceptors (Lipinski definition) is 6. The molecule has 1 heterocycles. The molecule has 1 N–H and O–H groups in total. The lowest BCUT2D eigenvalue weighted by atomic mass is 10.0. The quantitative estimate of drug-likeness (QED) is 0.375. The van der Waals surface area contributed by atoms with Crippen LogP contribution in [-0.2, 0) is 4.74 Å². The summed E-state index contributed by atoms with van der Waals surface area (Å²) >= 11 is 0. The maximum absolute atomic E-state index is 14.4. The Morgan fingerprint density at radius 2 is 2.00 bits per heavy atom. The molecule has 0 aromatic heterocycles. The van der Waals surface area contributed by atoms with Gasteiger partial charge in [0.1, 0.15) is 11.6 Å². The Balaban J connectivity index is 1.94. The highest BCUT2D eigenvalue weighted by Gasteiger charge is 2.21. The van der Waals surface area contributed by atoms with Gasteiger partial charge in [0.05, 0.1) is 35.0 Å². The number of nitrogens with zero attached hydrogens (tertiary/aromatic N) is 2. The number of halogens is 1. The number of phenols is 1. The van der Waals surface area contributed by atoms with Gasteiger partial charge >= 0.3 is 0 Å². The van der Waals surface area contributed by atoms with Crippen LogP contribution in [0, 0.1) is 15.9 Å². The number of nitro benzene ring substituents is 1. The fourth-order valence-electron chi connectivity index (χ4n) is 2.91. The van der Waals surface area contributed by atoms with Crippen molar-refractivity contribution in [1.29, 1.82) is 0 Å². The van der Waals surface area contributed by atoms with E-state index in [0.29, 0.717) is 32.0 Å². The molecular weight excluding hydrogens is 355 g/mol. The van der Waals surface area contributed by atoms with Crippen LogP contribution in [0.3, 0.4) is 0 Å². The number of benzene rings is 2. The van der Waals surface area contributed by atoms with Crippen molar-refractivity contribution < 1.29 is 24.0 Å². The number of aromatic hydroxyl groups is 1. The second-order valence-corrected chi connectivity index (χ2v) is 5.93. The van der Waals surface area contributed by atoms with E-state index in [2.05, 4.69) is 0 Å². The van der Waals surface area contributed by atoms with Crippen LogP contribution < -0.4 is 4.90 Å². The van der Waals surface area contributed by atoms with E-state index >= 15 is 0 Å². The van der Waals surface area contributed by atoms with Crippen LogP contribution in [0.2, 0.25) is 0 Å². The number of morpholine rings is 1. The lowest BCUT2D eigenvalue weighted by Crippen LogP contribution is -2.37. The van der Waals surface area contributed by atoms with Gasteiger partial charge in [0.2, 0.25) is 0 Å². The van der Waals surface area contributed by atoms with Crippen molar-refractivity contribution in [2.75, 3.05) is 31.2 Å². The fraction of sp³-hybridized carbons (Fsp3) is 0.211. The summed E-state index contributed by atoms with van der Waals surface area (Å²) in [5.74, 6) is -1.46. The van der Waals surface area contributed by atoms with Crippen molar-refractivity contribution in [2.24, 2.45) is 0 Å². The molecule has 0 aliphatic carbocycles. The van der Waals surface area contributed by atoms with Crippen LogP contribution in [0.4, 0.5) is 15.8 Å². The van der Waals surface area contributed by atoms with Crippen molar-refractivity contribution in [3.63, 3.8) is 0 Å². The Labute approximate surface area is 154 Å². The predicted octanol–water partition coefficient (Wildman–Crippen LogP) is 3.17. The first-order valence-electron chi connectivity index (χ1n) is 8.28. The van der Waals surface area contributed by atoms with Crippen molar-refractivity contribution >= 4 is 23.2 Å². The summed E-state index contributed by atoms with van der Waals surface area (Å²) in [7, 11) is 0. The van der Waals surface area contributed by atoms with Crippen molar-refractivity contribution in [3.05, 3.63) is 69.5 Å². The first kappa shape index (κ1) is 18.5. The highest BCUT2D eigenvalue weighted by atomic mass is 19.1. The van der Waals surface area contributed by atoms with Gasteiger partial charge in [-0.3, -0.25) is 14.9 Å². The SMILES string of the molecule is O=C(/C=C/c1cc(O)ccc1[N+](=O)[O-])c1c(F)cccc1N1CCOCC1. The summed E-state index contributed by atoms with van der Waals surface area (Å²) in [4.78, 5) is 25.0. The lowest BCUT2D eigenvalue weighted by Gasteiger charge is -2.30. The smallest absolute Gasteiger partial charge is 0.276 e. The van der Waals surface area contributed by atoms with Gasteiger partial charge < -0.3 is 14.7 Å². The van der Waals surface area contributed by atoms with E-state index in [1.807, 2.05) is 4.90 Å². The van der Waals surface area contributed by atoms with Gasteiger partial charge in [0, 0.05) is 19.2 Å². The zero-order valence-corrected chi connectivity index (χ0v) is 14.3. The van der Waals surface area contributed by atoms with E-state index < -0.39 is 16.5 Å². The maximum atomic E-state index is 14.4. The van der Waals surface area contributed by atoms with Crippen molar-refractivity contribution in [2.45, 2.75) is 0 Å². The molecule has 0 radical (unpaired) electrons. The second kappa shape index (κ2) is 7.96. The normalized spacial score (nSPS) is 14.5. The molecule has 0 bridgehead atoms. The molecule has 3 rings (SSSR count). The third kappa shape index (κ3) is 4.12. The van der Waals surface area contributed by atoms with Crippen LogP contribution in [-0.4, -0.2) is 42.1 Å². The molecule has 2 aromatic rings. The third-order valence-electron chi connectivity index (χ3n) is 4.21. The molecule has 0 spiro atoms. The number of carbonyl (C=O) groups is 1. The molecule has 1 aliphatic heterocycles. The number of phenolic OH excluding ortho intramolecular Hbond substituents is 1. The Morgan fingerprint density at radius 3 is 2.70 bits per heavy atom. The molecule has 0 atom stereocenters. The molecule has 7 nitrogen and oxygen atoms in total. The Kier molecular flexibility index (Phi) is 5.46. The van der Waals surface area contributed by atoms with Crippen LogP contribution >= 0.6 is 0 Å². The van der Waals surface area contributed by atoms with Crippen molar-refractivity contribution in [1.82, 2.24) is 0 Å². The first-order chi connectivity index (χ1) is 13.0. The number of ether oxygens (including phenoxy) is 1. The van der Waals surface area contributed by atoms with E-state index in [1.165, 1.54) is 30.3 Å². The van der Waals surface area contributed by atoms with Crippen LogP contribution in [0.25, 0.3) is 6.08 Å². The molecule has 2 aromatic carbocycles. The van der Waals surface area contributed by atoms with Gasteiger partial charge in [-0.2, -0.15) is 0 Å². The summed E-state index contributed by atoms with van der Waals surface area (Å²) in [6, 6.07) is 7.88. The first-order valence-corrected chi connectivity index (χ1v) is 8.28. The van der Waals surface area contributed by atoms with Gasteiger partial charge in [-0.25, -0.2) is 4.39 Å². The number of allylic oxidation sites excluding steroid dienone is 1. The highest BCUT2D eigenvalue weighted by molar-refractivity contribution is 6.10. The molecule has 8 heteroatoms. The van der Waals surface area contributed by atoms with E-state index in [9.17, 15) is 24.4 Å². The van der Waals surface area contributed by atoms with Crippen molar-refractivity contribution in [3.8, 4) is 5.75 Å². The molecule has 0 saturated carbocycles. The van der Waals surface area contributed by atoms with Gasteiger partial charge in [-0.1, -0.05) is 6.07 Å². The van der Waals surface area contributed by atoms with E-state index in [1.54, 1.807) is 6.07 Å². The van der Waals surface area contributed by atoms with Crippen LogP contribution in [0.15, 0.2) is 42.5 Å². The number of nitro groups is 1. The monoisotopic (exact) mass is 372 g/mol. The van der Waals surface area contributed by atoms with E-state index in [4.69, 9.17) is 4.74 Å². The number of ketones is 1. The number of hydrogen-bond donors (Lipinski definition) is 1. The van der Waals surface area contributed by atoms with Crippen LogP contribution in [0.5, 0.6) is 5.75 Å². The molecule has 1 saturated heterocycles. The number of anilines is 1. The van der Waals surface area contributed by atoms with E-state index in [-0.39, 0.29) is 22.6 Å². The average molecular weight is 372 g/mol. The molecule has 1 fully saturated rings. The van der Waals surface area contributed by atoms with Crippen LogP contribution in [0.1, 0.15) is 15.9 Å². The van der Waals surface area contributed by atoms with Gasteiger partial charge in [-0.15, -0.1) is 0 Å². The van der Waals surface area contributed by atoms with E-state index in [0.717, 1.165) is 12.1 Å².